The fourth-order valence-corrected chi connectivity index (χ4v) is 11.4. The van der Waals surface area contributed by atoms with Gasteiger partial charge in [0.15, 0.2) is 44.0 Å². The number of hydrogen-bond acceptors (Lipinski definition) is 35. The summed E-state index contributed by atoms with van der Waals surface area (Å²) in [6, 6.07) is -6.99. The summed E-state index contributed by atoms with van der Waals surface area (Å²) in [4.78, 5) is 50.9. The van der Waals surface area contributed by atoms with Gasteiger partial charge < -0.3 is 175 Å². The third-order valence-corrected chi connectivity index (χ3v) is 16.1. The molecule has 0 aliphatic carbocycles. The fraction of sp³-hybridized carbons (Fsp3) is 0.920. The molecule has 7 fully saturated rings. The molecule has 7 saturated heterocycles. The Morgan fingerprint density at radius 1 is 0.315 bits per heavy atom. The third-order valence-electron chi connectivity index (χ3n) is 16.1. The molecule has 39 nitrogen and oxygen atoms in total. The highest BCUT2D eigenvalue weighted by atomic mass is 16.8. The van der Waals surface area contributed by atoms with Crippen LogP contribution < -0.4 is 21.3 Å². The van der Waals surface area contributed by atoms with Crippen molar-refractivity contribution in [1.29, 1.82) is 0 Å². The summed E-state index contributed by atoms with van der Waals surface area (Å²) < 4.78 is 77.4. The zero-order chi connectivity index (χ0) is 65.8. The highest BCUT2D eigenvalue weighted by Gasteiger charge is 2.59. The second kappa shape index (κ2) is 31.7. The normalized spacial score (nSPS) is 48.0. The number of carbonyl (C=O) groups excluding carboxylic acids is 4. The van der Waals surface area contributed by atoms with Crippen LogP contribution >= 0.6 is 0 Å². The van der Waals surface area contributed by atoms with Gasteiger partial charge in [-0.05, 0) is 6.92 Å². The molecule has 7 rings (SSSR count). The average Bonchev–Trinajstić information content (AvgIpc) is 3.70. The highest BCUT2D eigenvalue weighted by molar-refractivity contribution is 5.74. The monoisotopic (exact) mass is 1300 g/mol. The van der Waals surface area contributed by atoms with Crippen LogP contribution in [-0.2, 0) is 80.8 Å². The molecule has 39 heteroatoms. The number of hydrogen-bond donors (Lipinski definition) is 22. The fourth-order valence-electron chi connectivity index (χ4n) is 11.4. The van der Waals surface area contributed by atoms with Gasteiger partial charge in [-0.1, -0.05) is 0 Å². The largest absolute Gasteiger partial charge is 0.394 e. The topological polar surface area (TPSA) is 601 Å². The van der Waals surface area contributed by atoms with Crippen molar-refractivity contribution < 1.29 is 173 Å². The van der Waals surface area contributed by atoms with Crippen LogP contribution in [0.4, 0.5) is 0 Å². The molecule has 0 aromatic rings. The Labute approximate surface area is 505 Å². The van der Waals surface area contributed by atoms with Gasteiger partial charge in [0.25, 0.3) is 0 Å². The van der Waals surface area contributed by atoms with Gasteiger partial charge in [0.05, 0.1) is 45.7 Å². The minimum atomic E-state index is -2.26. The number of aliphatic hydroxyl groups is 18. The molecule has 89 heavy (non-hydrogen) atoms. The summed E-state index contributed by atoms with van der Waals surface area (Å²) in [5.74, 6) is -3.38. The standard InChI is InChI=1S/C50H84N4O35/c1-12-27(64)35(72)37(74)48(78-12)89-43-42(88-47-26(54-16(5)63)41(31(68)20(9-58)82-47)86-49-38(75)36(73)29(66)18(7-56)83-49)32(69)21(10-59)84-50(43)87-39-24(52-14(3)61)44(76)79-22(33(39)70)11-77-45-25(53-15(4)62)40(30(67)19(8-57)80-45)85-46-23(51-13(2)60)34(71)28(65)17(6-55)81-46/h12,17-50,55-59,64-76H,6-11H2,1-5H3,(H,51,60)(H,52,61)(H,53,62)(H,54,63)/t12-,17+,18+,19+,20+,21+,22+,23+,24+,25+,26+,27+,28+,29-,30+,31-,32-,33-,34+,35+,36-,37-,38+,39+,40+,41+,42-,43+,44?,45+,46-,47+,48-,49+,50-/m0/s1. The maximum atomic E-state index is 13.0. The smallest absolute Gasteiger partial charge is 0.217 e. The van der Waals surface area contributed by atoms with E-state index < -0.39 is 278 Å². The van der Waals surface area contributed by atoms with Crippen molar-refractivity contribution in [1.82, 2.24) is 21.3 Å². The molecule has 0 bridgehead atoms. The van der Waals surface area contributed by atoms with Gasteiger partial charge in [-0.25, -0.2) is 0 Å². The van der Waals surface area contributed by atoms with E-state index in [1.165, 1.54) is 6.92 Å². The average molecular weight is 1300 g/mol. The molecule has 35 atom stereocenters. The van der Waals surface area contributed by atoms with Gasteiger partial charge >= 0.3 is 0 Å². The van der Waals surface area contributed by atoms with E-state index in [4.69, 9.17) is 61.6 Å². The van der Waals surface area contributed by atoms with E-state index in [1.807, 2.05) is 0 Å². The van der Waals surface area contributed by atoms with Crippen molar-refractivity contribution in [2.75, 3.05) is 39.6 Å². The van der Waals surface area contributed by atoms with Gasteiger partial charge in [-0.3, -0.25) is 19.2 Å². The maximum absolute atomic E-state index is 13.0. The van der Waals surface area contributed by atoms with Crippen molar-refractivity contribution in [3.8, 4) is 0 Å². The van der Waals surface area contributed by atoms with E-state index in [9.17, 15) is 111 Å². The molecule has 7 aliphatic rings. The molecule has 0 radical (unpaired) electrons. The molecule has 7 heterocycles. The Morgan fingerprint density at radius 2 is 0.640 bits per heavy atom. The van der Waals surface area contributed by atoms with E-state index in [0.717, 1.165) is 27.7 Å². The van der Waals surface area contributed by atoms with Gasteiger partial charge in [-0.2, -0.15) is 0 Å². The first kappa shape index (κ1) is 73.1. The van der Waals surface area contributed by atoms with Gasteiger partial charge in [-0.15, -0.1) is 0 Å². The van der Waals surface area contributed by atoms with Crippen molar-refractivity contribution >= 4 is 23.6 Å². The molecular weight excluding hydrogens is 1220 g/mol. The first-order chi connectivity index (χ1) is 42.0. The highest BCUT2D eigenvalue weighted by Crippen LogP contribution is 2.38. The Morgan fingerprint density at radius 3 is 1.15 bits per heavy atom. The van der Waals surface area contributed by atoms with Crippen LogP contribution in [0.2, 0.25) is 0 Å². The third kappa shape index (κ3) is 16.4. The molecule has 0 spiro atoms. The summed E-state index contributed by atoms with van der Waals surface area (Å²) in [5, 5.41) is 207. The minimum Gasteiger partial charge on any atom is -0.394 e. The second-order valence-corrected chi connectivity index (χ2v) is 22.5. The van der Waals surface area contributed by atoms with Crippen molar-refractivity contribution in [2.45, 2.75) is 249 Å². The lowest BCUT2D eigenvalue weighted by Crippen LogP contribution is -2.71. The predicted molar refractivity (Wildman–Crippen MR) is 277 cm³/mol. The predicted octanol–water partition coefficient (Wildman–Crippen LogP) is -14.7. The molecule has 0 saturated carbocycles. The van der Waals surface area contributed by atoms with Gasteiger partial charge in [0, 0.05) is 27.7 Å². The van der Waals surface area contributed by atoms with Crippen molar-refractivity contribution in [2.24, 2.45) is 0 Å². The zero-order valence-electron chi connectivity index (χ0n) is 48.4. The SMILES string of the molecule is CC(=O)N[C@H]1[C@H](O[C@H]2[C@H](O)[C@@H](CO)O[C@@H](OC[C@H]3OC(O)[C@H](NC(C)=O)[C@@H](O[C@@H]4O[C@H](CO)[C@H](O)[C@H](O[C@H]5O[C@H](CO)[C@H](O)[C@H](O[C@H]6O[C@H](CO)[C@H](O)[C@H](O)[C@H]6O)[C@H]5NC(C)=O)[C@H]4O[C@@H]4O[C@@H](C)[C@@H](O)[C@@H](O)[C@@H]4O)[C@H]3O)[C@@H]2NC(C)=O)O[C@H](CO)[C@@H](O)[C@@H]1O. The van der Waals surface area contributed by atoms with Crippen LogP contribution in [0.5, 0.6) is 0 Å². The molecule has 4 amide bonds. The minimum absolute atomic E-state index is 0.759. The van der Waals surface area contributed by atoms with E-state index in [-0.39, 0.29) is 0 Å². The quantitative estimate of drug-likeness (QED) is 0.0479. The Balaban J connectivity index is 1.23. The lowest BCUT2D eigenvalue weighted by atomic mass is 9.93. The van der Waals surface area contributed by atoms with Crippen LogP contribution in [0.3, 0.4) is 0 Å². The molecule has 7 aliphatic heterocycles. The summed E-state index contributed by atoms with van der Waals surface area (Å²) >= 11 is 0. The molecule has 0 aromatic carbocycles. The van der Waals surface area contributed by atoms with E-state index in [2.05, 4.69) is 21.3 Å². The van der Waals surface area contributed by atoms with Crippen LogP contribution in [-0.4, -0.2) is 370 Å². The first-order valence-corrected chi connectivity index (χ1v) is 28.5. The van der Waals surface area contributed by atoms with Crippen LogP contribution in [0.25, 0.3) is 0 Å². The molecule has 0 aromatic heterocycles. The zero-order valence-corrected chi connectivity index (χ0v) is 48.4. The summed E-state index contributed by atoms with van der Waals surface area (Å²) in [5.41, 5.74) is 0. The summed E-state index contributed by atoms with van der Waals surface area (Å²) in [6.45, 7) is -0.659. The van der Waals surface area contributed by atoms with Crippen LogP contribution in [0.1, 0.15) is 34.6 Å². The van der Waals surface area contributed by atoms with Crippen molar-refractivity contribution in [3.63, 3.8) is 0 Å². The number of nitrogens with one attached hydrogen (secondary N) is 4. The molecule has 1 unspecified atom stereocenters. The van der Waals surface area contributed by atoms with Gasteiger partial charge in [0.1, 0.15) is 165 Å². The molecule has 22 N–H and O–H groups in total. The lowest BCUT2D eigenvalue weighted by Gasteiger charge is -2.52. The number of rotatable bonds is 22. The van der Waals surface area contributed by atoms with E-state index >= 15 is 0 Å². The first-order valence-electron chi connectivity index (χ1n) is 28.5. The van der Waals surface area contributed by atoms with E-state index in [1.54, 1.807) is 0 Å². The number of aliphatic hydroxyl groups excluding tert-OH is 18. The molecular formula is C50H84N4O35. The van der Waals surface area contributed by atoms with Crippen molar-refractivity contribution in [3.05, 3.63) is 0 Å². The molecule has 514 valence electrons. The number of carbonyl (C=O) groups is 4. The number of ether oxygens (including phenoxy) is 13. The Bertz CT molecular complexity index is 2290. The number of amides is 4. The van der Waals surface area contributed by atoms with Crippen LogP contribution in [0, 0.1) is 0 Å². The second-order valence-electron chi connectivity index (χ2n) is 22.5. The Kier molecular flexibility index (Phi) is 26.0. The maximum Gasteiger partial charge on any atom is 0.217 e. The van der Waals surface area contributed by atoms with E-state index in [0.29, 0.717) is 0 Å². The van der Waals surface area contributed by atoms with Gasteiger partial charge in [0.2, 0.25) is 23.6 Å². The lowest BCUT2D eigenvalue weighted by molar-refractivity contribution is -0.400. The van der Waals surface area contributed by atoms with Crippen LogP contribution in [0.15, 0.2) is 0 Å². The summed E-state index contributed by atoms with van der Waals surface area (Å²) in [7, 11) is 0. The summed E-state index contributed by atoms with van der Waals surface area (Å²) in [6.07, 6.45) is -60.0. The Hall–Kier alpha value is -3.36.